The lowest BCUT2D eigenvalue weighted by Gasteiger charge is -2.02. The summed E-state index contributed by atoms with van der Waals surface area (Å²) in [7, 11) is -2.60. The van der Waals surface area contributed by atoms with E-state index in [0.717, 1.165) is 23.8 Å². The molecule has 2 rings (SSSR count). The molecule has 0 amide bonds. The average Bonchev–Trinajstić information content (AvgIpc) is 2.77. The van der Waals surface area contributed by atoms with Gasteiger partial charge in [-0.2, -0.15) is 0 Å². The van der Waals surface area contributed by atoms with Crippen LogP contribution in [0, 0.1) is 5.82 Å². The molecule has 0 saturated heterocycles. The van der Waals surface area contributed by atoms with Crippen molar-refractivity contribution in [2.45, 2.75) is 11.9 Å². The van der Waals surface area contributed by atoms with Crippen LogP contribution in [0.15, 0.2) is 23.4 Å². The van der Waals surface area contributed by atoms with Crippen molar-refractivity contribution < 1.29 is 22.3 Å². The van der Waals surface area contributed by atoms with Gasteiger partial charge in [-0.25, -0.2) is 22.6 Å². The first kappa shape index (κ1) is 13.5. The fourth-order valence-electron chi connectivity index (χ4n) is 1.63. The molecule has 0 radical (unpaired) electrons. The average molecular weight is 286 g/mol. The van der Waals surface area contributed by atoms with E-state index in [1.165, 1.54) is 13.0 Å². The summed E-state index contributed by atoms with van der Waals surface area (Å²) in [6.07, 6.45) is 0.989. The number of hydrogen-bond donors (Lipinski definition) is 0. The van der Waals surface area contributed by atoms with Crippen molar-refractivity contribution in [1.82, 2.24) is 9.38 Å². The third-order valence-electron chi connectivity index (χ3n) is 2.60. The number of rotatable bonds is 3. The Bertz CT molecular complexity index is 751. The van der Waals surface area contributed by atoms with E-state index in [9.17, 15) is 17.6 Å². The molecule has 0 aromatic carbocycles. The fourth-order valence-corrected chi connectivity index (χ4v) is 2.62. The fraction of sp³-hybridized carbons (Fsp3) is 0.273. The summed E-state index contributed by atoms with van der Waals surface area (Å²) in [5, 5.41) is -0.396. The molecule has 0 bridgehead atoms. The molecular formula is C11H11FN2O4S. The van der Waals surface area contributed by atoms with Crippen molar-refractivity contribution in [3.05, 3.63) is 29.8 Å². The van der Waals surface area contributed by atoms with Gasteiger partial charge in [0.2, 0.25) is 0 Å². The van der Waals surface area contributed by atoms with E-state index in [0.29, 0.717) is 0 Å². The molecule has 2 aromatic heterocycles. The van der Waals surface area contributed by atoms with Gasteiger partial charge >= 0.3 is 5.97 Å². The monoisotopic (exact) mass is 286 g/mol. The molecule has 0 atom stereocenters. The van der Waals surface area contributed by atoms with Gasteiger partial charge in [0, 0.05) is 6.20 Å². The number of sulfone groups is 1. The maximum Gasteiger partial charge on any atom is 0.358 e. The van der Waals surface area contributed by atoms with Gasteiger partial charge in [0.05, 0.1) is 12.9 Å². The molecule has 0 aliphatic heterocycles. The molecule has 0 unspecified atom stereocenters. The quantitative estimate of drug-likeness (QED) is 0.788. The standard InChI is InChI=1S/C11H11FN2O4S/c1-3-19(16,17)10-9(11(15)18-2)14-6-7(12)4-5-8(14)13-10/h4-6H,3H2,1-2H3. The summed E-state index contributed by atoms with van der Waals surface area (Å²) in [6.45, 7) is 1.43. The van der Waals surface area contributed by atoms with Crippen molar-refractivity contribution in [3.63, 3.8) is 0 Å². The van der Waals surface area contributed by atoms with Gasteiger partial charge in [0.15, 0.2) is 20.6 Å². The Morgan fingerprint density at radius 3 is 2.74 bits per heavy atom. The highest BCUT2D eigenvalue weighted by Gasteiger charge is 2.28. The molecule has 0 fully saturated rings. The zero-order valence-corrected chi connectivity index (χ0v) is 11.1. The largest absolute Gasteiger partial charge is 0.464 e. The maximum atomic E-state index is 13.2. The number of carbonyl (C=O) groups is 1. The van der Waals surface area contributed by atoms with Crippen LogP contribution in [-0.4, -0.2) is 36.6 Å². The van der Waals surface area contributed by atoms with Crippen molar-refractivity contribution in [2.75, 3.05) is 12.9 Å². The van der Waals surface area contributed by atoms with E-state index in [1.54, 1.807) is 0 Å². The highest BCUT2D eigenvalue weighted by atomic mass is 32.2. The van der Waals surface area contributed by atoms with Gasteiger partial charge < -0.3 is 4.74 Å². The molecule has 0 spiro atoms. The molecule has 2 heterocycles. The van der Waals surface area contributed by atoms with Gasteiger partial charge in [-0.05, 0) is 12.1 Å². The van der Waals surface area contributed by atoms with E-state index in [1.807, 2.05) is 0 Å². The third kappa shape index (κ3) is 2.19. The van der Waals surface area contributed by atoms with Gasteiger partial charge in [-0.3, -0.25) is 4.40 Å². The number of fused-ring (bicyclic) bond motifs is 1. The lowest BCUT2D eigenvalue weighted by atomic mass is 10.4. The first-order chi connectivity index (χ1) is 8.90. The number of pyridine rings is 1. The second kappa shape index (κ2) is 4.61. The van der Waals surface area contributed by atoms with E-state index >= 15 is 0 Å². The summed E-state index contributed by atoms with van der Waals surface area (Å²) in [5.74, 6) is -1.72. The molecule has 102 valence electrons. The minimum absolute atomic E-state index is 0.161. The number of nitrogens with zero attached hydrogens (tertiary/aromatic N) is 2. The van der Waals surface area contributed by atoms with Crippen LogP contribution < -0.4 is 0 Å². The molecule has 2 aromatic rings. The Hall–Kier alpha value is -1.96. The number of ether oxygens (including phenoxy) is 1. The number of carbonyl (C=O) groups excluding carboxylic acids is 1. The molecule has 6 nitrogen and oxygen atoms in total. The smallest absolute Gasteiger partial charge is 0.358 e. The van der Waals surface area contributed by atoms with Crippen LogP contribution in [0.25, 0.3) is 5.65 Å². The van der Waals surface area contributed by atoms with E-state index < -0.39 is 26.6 Å². The maximum absolute atomic E-state index is 13.2. The number of methoxy groups -OCH3 is 1. The lowest BCUT2D eigenvalue weighted by Crippen LogP contribution is -2.13. The predicted molar refractivity (Wildman–Crippen MR) is 64.2 cm³/mol. The molecule has 8 heteroatoms. The van der Waals surface area contributed by atoms with Crippen LogP contribution in [0.4, 0.5) is 4.39 Å². The van der Waals surface area contributed by atoms with Crippen molar-refractivity contribution in [2.24, 2.45) is 0 Å². The highest BCUT2D eigenvalue weighted by molar-refractivity contribution is 7.91. The highest BCUT2D eigenvalue weighted by Crippen LogP contribution is 2.20. The van der Waals surface area contributed by atoms with Gasteiger partial charge in [-0.1, -0.05) is 6.92 Å². The molecular weight excluding hydrogens is 275 g/mol. The Kier molecular flexibility index (Phi) is 3.27. The summed E-state index contributed by atoms with van der Waals surface area (Å²) < 4.78 is 42.7. The summed E-state index contributed by atoms with van der Waals surface area (Å²) >= 11 is 0. The zero-order chi connectivity index (χ0) is 14.2. The number of aromatic nitrogens is 2. The van der Waals surface area contributed by atoms with Crippen molar-refractivity contribution >= 4 is 21.5 Å². The summed E-state index contributed by atoms with van der Waals surface area (Å²) in [6, 6.07) is 2.42. The number of hydrogen-bond acceptors (Lipinski definition) is 5. The number of esters is 1. The molecule has 0 saturated carbocycles. The predicted octanol–water partition coefficient (Wildman–Crippen LogP) is 1.05. The second-order valence-corrected chi connectivity index (χ2v) is 5.93. The number of halogens is 1. The Morgan fingerprint density at radius 1 is 1.47 bits per heavy atom. The molecule has 0 N–H and O–H groups in total. The van der Waals surface area contributed by atoms with Crippen LogP contribution in [0.1, 0.15) is 17.4 Å². The minimum atomic E-state index is -3.71. The Labute approximate surface area is 108 Å². The molecule has 0 aliphatic carbocycles. The van der Waals surface area contributed by atoms with Gasteiger partial charge in [-0.15, -0.1) is 0 Å². The second-order valence-electron chi connectivity index (χ2n) is 3.74. The van der Waals surface area contributed by atoms with E-state index in [4.69, 9.17) is 0 Å². The first-order valence-corrected chi connectivity index (χ1v) is 7.04. The van der Waals surface area contributed by atoms with E-state index in [2.05, 4.69) is 9.72 Å². The van der Waals surface area contributed by atoms with Crippen LogP contribution in [-0.2, 0) is 14.6 Å². The Balaban J connectivity index is 2.88. The van der Waals surface area contributed by atoms with Crippen LogP contribution in [0.2, 0.25) is 0 Å². The van der Waals surface area contributed by atoms with Crippen LogP contribution in [0.5, 0.6) is 0 Å². The lowest BCUT2D eigenvalue weighted by molar-refractivity contribution is 0.0588. The Morgan fingerprint density at radius 2 is 2.16 bits per heavy atom. The van der Waals surface area contributed by atoms with Crippen molar-refractivity contribution in [1.29, 1.82) is 0 Å². The van der Waals surface area contributed by atoms with Crippen LogP contribution >= 0.6 is 0 Å². The summed E-state index contributed by atoms with van der Waals surface area (Å²) in [5.41, 5.74) is -0.132. The van der Waals surface area contributed by atoms with Gasteiger partial charge in [0.1, 0.15) is 11.5 Å². The molecule has 19 heavy (non-hydrogen) atoms. The topological polar surface area (TPSA) is 77.7 Å². The zero-order valence-electron chi connectivity index (χ0n) is 10.3. The normalized spacial score (nSPS) is 11.7. The van der Waals surface area contributed by atoms with Gasteiger partial charge in [0.25, 0.3) is 0 Å². The molecule has 0 aliphatic rings. The first-order valence-electron chi connectivity index (χ1n) is 5.39. The minimum Gasteiger partial charge on any atom is -0.464 e. The van der Waals surface area contributed by atoms with Crippen molar-refractivity contribution in [3.8, 4) is 0 Å². The number of imidazole rings is 1. The van der Waals surface area contributed by atoms with Crippen LogP contribution in [0.3, 0.4) is 0 Å². The summed E-state index contributed by atoms with van der Waals surface area (Å²) in [4.78, 5) is 15.6. The van der Waals surface area contributed by atoms with E-state index in [-0.39, 0.29) is 17.1 Å². The third-order valence-corrected chi connectivity index (χ3v) is 4.24. The SMILES string of the molecule is CCS(=O)(=O)c1nc2ccc(F)cn2c1C(=O)OC.